The summed E-state index contributed by atoms with van der Waals surface area (Å²) in [4.78, 5) is 37.0. The van der Waals surface area contributed by atoms with E-state index >= 15 is 0 Å². The first-order valence-electron chi connectivity index (χ1n) is 9.67. The van der Waals surface area contributed by atoms with Crippen LogP contribution in [0.25, 0.3) is 6.08 Å². The van der Waals surface area contributed by atoms with E-state index in [4.69, 9.17) is 4.74 Å². The number of anilines is 1. The van der Waals surface area contributed by atoms with Gasteiger partial charge in [0.1, 0.15) is 5.75 Å². The molecule has 2 amide bonds. The van der Waals surface area contributed by atoms with Gasteiger partial charge in [0, 0.05) is 36.8 Å². The van der Waals surface area contributed by atoms with Crippen LogP contribution in [0.2, 0.25) is 0 Å². The molecule has 2 aromatic rings. The number of ether oxygens (including phenoxy) is 1. The summed E-state index contributed by atoms with van der Waals surface area (Å²) in [5.74, 6) is 0.508. The number of Topliss-reactive ketones (excluding diaryl/α,β-unsaturated/α-hetero) is 1. The van der Waals surface area contributed by atoms with Crippen LogP contribution < -0.4 is 15.0 Å². The number of hydrogen-bond acceptors (Lipinski definition) is 4. The predicted molar refractivity (Wildman–Crippen MR) is 112 cm³/mol. The van der Waals surface area contributed by atoms with Gasteiger partial charge < -0.3 is 15.0 Å². The minimum atomic E-state index is -0.248. The molecule has 1 aliphatic heterocycles. The Balaban J connectivity index is 1.46. The number of nitrogens with zero attached hydrogens (tertiary/aromatic N) is 1. The molecule has 29 heavy (non-hydrogen) atoms. The van der Waals surface area contributed by atoms with Crippen molar-refractivity contribution >= 4 is 29.9 Å². The van der Waals surface area contributed by atoms with Crippen LogP contribution in [0.1, 0.15) is 34.8 Å². The van der Waals surface area contributed by atoms with Crippen LogP contribution in [0.4, 0.5) is 5.69 Å². The Morgan fingerprint density at radius 1 is 1.17 bits per heavy atom. The minimum absolute atomic E-state index is 0.0341. The standard InChI is InChI=1S/C23H24N2O4/c1-2-29-20-7-3-17(4-8-20)5-10-23(28)24-13-11-22(27)19-6-9-21-18(15-19)12-14-25(21)16-26/h3-10,15-16H,2,11-14H2,1H3,(H,24,28)/b10-5+. The Morgan fingerprint density at radius 2 is 1.97 bits per heavy atom. The molecule has 6 heteroatoms. The van der Waals surface area contributed by atoms with E-state index in [1.165, 1.54) is 6.08 Å². The van der Waals surface area contributed by atoms with Crippen LogP contribution >= 0.6 is 0 Å². The lowest BCUT2D eigenvalue weighted by molar-refractivity contribution is -0.116. The Labute approximate surface area is 170 Å². The van der Waals surface area contributed by atoms with Crippen molar-refractivity contribution in [3.63, 3.8) is 0 Å². The lowest BCUT2D eigenvalue weighted by Gasteiger charge is -2.10. The maximum Gasteiger partial charge on any atom is 0.244 e. The average molecular weight is 392 g/mol. The first-order chi connectivity index (χ1) is 14.1. The Bertz CT molecular complexity index is 919. The first-order valence-corrected chi connectivity index (χ1v) is 9.67. The molecule has 0 fully saturated rings. The zero-order valence-corrected chi connectivity index (χ0v) is 16.4. The van der Waals surface area contributed by atoms with E-state index in [1.54, 1.807) is 17.0 Å². The van der Waals surface area contributed by atoms with Gasteiger partial charge in [-0.3, -0.25) is 14.4 Å². The molecule has 3 rings (SSSR count). The van der Waals surface area contributed by atoms with Gasteiger partial charge in [-0.25, -0.2) is 0 Å². The van der Waals surface area contributed by atoms with Gasteiger partial charge in [-0.15, -0.1) is 0 Å². The molecular weight excluding hydrogens is 368 g/mol. The summed E-state index contributed by atoms with van der Waals surface area (Å²) in [5.41, 5.74) is 3.37. The Hall–Kier alpha value is -3.41. The van der Waals surface area contributed by atoms with E-state index in [0.29, 0.717) is 18.7 Å². The average Bonchev–Trinajstić information content (AvgIpc) is 3.15. The minimum Gasteiger partial charge on any atom is -0.494 e. The smallest absolute Gasteiger partial charge is 0.244 e. The molecule has 150 valence electrons. The number of amides is 2. The fourth-order valence-electron chi connectivity index (χ4n) is 3.23. The van der Waals surface area contributed by atoms with Gasteiger partial charge in [-0.1, -0.05) is 12.1 Å². The van der Waals surface area contributed by atoms with Gasteiger partial charge in [0.05, 0.1) is 6.61 Å². The SMILES string of the molecule is CCOc1ccc(/C=C/C(=O)NCCC(=O)c2ccc3c(c2)CCN3C=O)cc1. The second-order valence-electron chi connectivity index (χ2n) is 6.69. The molecule has 0 saturated heterocycles. The lowest BCUT2D eigenvalue weighted by Crippen LogP contribution is -2.24. The van der Waals surface area contributed by atoms with Gasteiger partial charge in [0.15, 0.2) is 5.78 Å². The van der Waals surface area contributed by atoms with Crippen LogP contribution in [-0.2, 0) is 16.0 Å². The Morgan fingerprint density at radius 3 is 2.69 bits per heavy atom. The highest BCUT2D eigenvalue weighted by atomic mass is 16.5. The second-order valence-corrected chi connectivity index (χ2v) is 6.69. The number of rotatable bonds is 9. The zero-order chi connectivity index (χ0) is 20.6. The van der Waals surface area contributed by atoms with Crippen molar-refractivity contribution in [3.05, 3.63) is 65.2 Å². The topological polar surface area (TPSA) is 75.7 Å². The van der Waals surface area contributed by atoms with Crippen LogP contribution in [0.15, 0.2) is 48.5 Å². The fourth-order valence-corrected chi connectivity index (χ4v) is 3.23. The fraction of sp³-hybridized carbons (Fsp3) is 0.261. The number of fused-ring (bicyclic) bond motifs is 1. The van der Waals surface area contributed by atoms with Crippen LogP contribution in [0.5, 0.6) is 5.75 Å². The molecule has 0 saturated carbocycles. The van der Waals surface area contributed by atoms with Crippen LogP contribution in [0, 0.1) is 0 Å². The summed E-state index contributed by atoms with van der Waals surface area (Å²) in [6, 6.07) is 12.8. The van der Waals surface area contributed by atoms with E-state index in [-0.39, 0.29) is 24.7 Å². The normalized spacial score (nSPS) is 12.7. The highest BCUT2D eigenvalue weighted by molar-refractivity contribution is 5.98. The lowest BCUT2D eigenvalue weighted by atomic mass is 10.0. The van der Waals surface area contributed by atoms with E-state index in [2.05, 4.69) is 5.32 Å². The molecule has 0 unspecified atom stereocenters. The number of hydrogen-bond donors (Lipinski definition) is 1. The molecule has 0 aromatic heterocycles. The molecule has 0 atom stereocenters. The highest BCUT2D eigenvalue weighted by Crippen LogP contribution is 2.27. The van der Waals surface area contributed by atoms with Crippen molar-refractivity contribution in [2.45, 2.75) is 19.8 Å². The van der Waals surface area contributed by atoms with Gasteiger partial charge in [-0.2, -0.15) is 0 Å². The number of carbonyl (C=O) groups is 3. The number of benzene rings is 2. The molecule has 1 N–H and O–H groups in total. The molecular formula is C23H24N2O4. The van der Waals surface area contributed by atoms with Crippen molar-refractivity contribution in [2.75, 3.05) is 24.6 Å². The summed E-state index contributed by atoms with van der Waals surface area (Å²) in [6.45, 7) is 3.45. The van der Waals surface area contributed by atoms with Crippen molar-refractivity contribution in [1.82, 2.24) is 5.32 Å². The second kappa shape index (κ2) is 9.68. The van der Waals surface area contributed by atoms with Crippen molar-refractivity contribution < 1.29 is 19.1 Å². The summed E-state index contributed by atoms with van der Waals surface area (Å²) in [7, 11) is 0. The number of nitrogens with one attached hydrogen (secondary N) is 1. The summed E-state index contributed by atoms with van der Waals surface area (Å²) < 4.78 is 5.38. The molecule has 0 aliphatic carbocycles. The summed E-state index contributed by atoms with van der Waals surface area (Å²) in [6.07, 6.45) is 4.94. The van der Waals surface area contributed by atoms with Crippen molar-refractivity contribution in [2.24, 2.45) is 0 Å². The third-order valence-electron chi connectivity index (χ3n) is 4.73. The van der Waals surface area contributed by atoms with Gasteiger partial charge in [-0.05, 0) is 60.9 Å². The maximum absolute atomic E-state index is 12.4. The van der Waals surface area contributed by atoms with E-state index in [9.17, 15) is 14.4 Å². The Kier molecular flexibility index (Phi) is 6.79. The van der Waals surface area contributed by atoms with E-state index in [1.807, 2.05) is 43.3 Å². The third kappa shape index (κ3) is 5.31. The summed E-state index contributed by atoms with van der Waals surface area (Å²) in [5, 5.41) is 2.73. The maximum atomic E-state index is 12.4. The molecule has 0 radical (unpaired) electrons. The van der Waals surface area contributed by atoms with Gasteiger partial charge >= 0.3 is 0 Å². The number of ketones is 1. The zero-order valence-electron chi connectivity index (χ0n) is 16.4. The first kappa shape index (κ1) is 20.3. The predicted octanol–water partition coefficient (Wildman–Crippen LogP) is 3.01. The highest BCUT2D eigenvalue weighted by Gasteiger charge is 2.19. The molecule has 6 nitrogen and oxygen atoms in total. The molecule has 1 heterocycles. The quantitative estimate of drug-likeness (QED) is 0.404. The third-order valence-corrected chi connectivity index (χ3v) is 4.73. The molecule has 0 bridgehead atoms. The van der Waals surface area contributed by atoms with E-state index in [0.717, 1.165) is 35.4 Å². The largest absolute Gasteiger partial charge is 0.494 e. The van der Waals surface area contributed by atoms with Gasteiger partial charge in [0.2, 0.25) is 12.3 Å². The van der Waals surface area contributed by atoms with E-state index < -0.39 is 0 Å². The summed E-state index contributed by atoms with van der Waals surface area (Å²) >= 11 is 0. The monoisotopic (exact) mass is 392 g/mol. The van der Waals surface area contributed by atoms with Gasteiger partial charge in [0.25, 0.3) is 0 Å². The van der Waals surface area contributed by atoms with Crippen molar-refractivity contribution in [1.29, 1.82) is 0 Å². The molecule has 1 aliphatic rings. The molecule has 0 spiro atoms. The van der Waals surface area contributed by atoms with Crippen LogP contribution in [-0.4, -0.2) is 37.8 Å². The van der Waals surface area contributed by atoms with Crippen LogP contribution in [0.3, 0.4) is 0 Å². The van der Waals surface area contributed by atoms with Crippen molar-refractivity contribution in [3.8, 4) is 5.75 Å². The molecule has 2 aromatic carbocycles. The number of carbonyl (C=O) groups excluding carboxylic acids is 3.